The first-order valence-electron chi connectivity index (χ1n) is 8.90. The van der Waals surface area contributed by atoms with E-state index in [-0.39, 0.29) is 16.6 Å². The zero-order chi connectivity index (χ0) is 19.7. The molecule has 0 aliphatic rings. The Kier molecular flexibility index (Phi) is 5.50. The van der Waals surface area contributed by atoms with Crippen molar-refractivity contribution in [1.82, 2.24) is 0 Å². The molecule has 0 spiro atoms. The maximum atomic E-state index is 13.5. The van der Waals surface area contributed by atoms with Crippen LogP contribution in [0.1, 0.15) is 68.6 Å². The van der Waals surface area contributed by atoms with Gasteiger partial charge >= 0.3 is 0 Å². The van der Waals surface area contributed by atoms with Crippen LogP contribution in [0.25, 0.3) is 0 Å². The summed E-state index contributed by atoms with van der Waals surface area (Å²) in [7, 11) is 3.29. The molecule has 26 heavy (non-hydrogen) atoms. The third-order valence-corrected chi connectivity index (χ3v) is 4.56. The molecule has 0 heterocycles. The van der Waals surface area contributed by atoms with Gasteiger partial charge in [-0.15, -0.1) is 0 Å². The molecule has 0 N–H and O–H groups in total. The third-order valence-electron chi connectivity index (χ3n) is 4.56. The van der Waals surface area contributed by atoms with Crippen LogP contribution in [0.5, 0.6) is 11.5 Å². The molecule has 2 rings (SSSR count). The van der Waals surface area contributed by atoms with E-state index in [9.17, 15) is 4.79 Å². The van der Waals surface area contributed by atoms with Crippen LogP contribution < -0.4 is 9.47 Å². The summed E-state index contributed by atoms with van der Waals surface area (Å²) in [6.45, 7) is 12.7. The van der Waals surface area contributed by atoms with Gasteiger partial charge in [-0.2, -0.15) is 0 Å². The van der Waals surface area contributed by atoms with Crippen molar-refractivity contribution in [2.24, 2.45) is 0 Å². The van der Waals surface area contributed by atoms with Crippen LogP contribution in [0.15, 0.2) is 36.4 Å². The molecule has 0 aromatic heterocycles. The predicted molar refractivity (Wildman–Crippen MR) is 107 cm³/mol. The van der Waals surface area contributed by atoms with Gasteiger partial charge < -0.3 is 9.47 Å². The van der Waals surface area contributed by atoms with E-state index in [1.165, 1.54) is 0 Å². The zero-order valence-corrected chi connectivity index (χ0v) is 17.2. The Bertz CT molecular complexity index is 738. The molecule has 0 saturated carbocycles. The molecule has 2 aromatic carbocycles. The van der Waals surface area contributed by atoms with Gasteiger partial charge in [-0.05, 0) is 58.4 Å². The molecule has 0 saturated heterocycles. The van der Waals surface area contributed by atoms with Gasteiger partial charge in [0.2, 0.25) is 0 Å². The molecule has 0 aliphatic heterocycles. The van der Waals surface area contributed by atoms with E-state index in [4.69, 9.17) is 9.47 Å². The molecule has 0 fully saturated rings. The Labute approximate surface area is 157 Å². The molecular weight excluding hydrogens is 324 g/mol. The highest BCUT2D eigenvalue weighted by Gasteiger charge is 2.27. The van der Waals surface area contributed by atoms with Crippen molar-refractivity contribution in [3.8, 4) is 11.5 Å². The van der Waals surface area contributed by atoms with E-state index in [0.717, 1.165) is 22.6 Å². The third kappa shape index (κ3) is 4.09. The van der Waals surface area contributed by atoms with Gasteiger partial charge in [0.25, 0.3) is 0 Å². The molecule has 0 bridgehead atoms. The van der Waals surface area contributed by atoms with Crippen molar-refractivity contribution in [2.45, 2.75) is 52.4 Å². The molecule has 140 valence electrons. The van der Waals surface area contributed by atoms with E-state index >= 15 is 0 Å². The number of ketones is 1. The SMILES string of the molecule is COc1ccc(C(=O)c2ccc(OC)cc2C(C)(C)C)c(C(C)(C)C)c1. The van der Waals surface area contributed by atoms with Gasteiger partial charge in [-0.25, -0.2) is 0 Å². The molecule has 0 amide bonds. The van der Waals surface area contributed by atoms with E-state index in [0.29, 0.717) is 11.1 Å². The number of benzene rings is 2. The quantitative estimate of drug-likeness (QED) is 0.677. The van der Waals surface area contributed by atoms with Gasteiger partial charge in [0.05, 0.1) is 14.2 Å². The smallest absolute Gasteiger partial charge is 0.193 e. The summed E-state index contributed by atoms with van der Waals surface area (Å²) < 4.78 is 10.7. The summed E-state index contributed by atoms with van der Waals surface area (Å²) in [4.78, 5) is 13.5. The van der Waals surface area contributed by atoms with Crippen LogP contribution >= 0.6 is 0 Å². The molecule has 2 aromatic rings. The van der Waals surface area contributed by atoms with Crippen molar-refractivity contribution in [3.05, 3.63) is 58.7 Å². The number of carbonyl (C=O) groups is 1. The Hall–Kier alpha value is -2.29. The van der Waals surface area contributed by atoms with E-state index in [1.54, 1.807) is 14.2 Å². The first kappa shape index (κ1) is 20.0. The van der Waals surface area contributed by atoms with Crippen LogP contribution in [0.2, 0.25) is 0 Å². The predicted octanol–water partition coefficient (Wildman–Crippen LogP) is 5.53. The van der Waals surface area contributed by atoms with E-state index in [1.807, 2.05) is 36.4 Å². The second kappa shape index (κ2) is 7.14. The summed E-state index contributed by atoms with van der Waals surface area (Å²) in [5.74, 6) is 1.56. The highest BCUT2D eigenvalue weighted by molar-refractivity contribution is 6.11. The molecular formula is C23H30O3. The zero-order valence-electron chi connectivity index (χ0n) is 17.2. The fourth-order valence-corrected chi connectivity index (χ4v) is 3.08. The number of carbonyl (C=O) groups excluding carboxylic acids is 1. The molecule has 0 radical (unpaired) electrons. The van der Waals surface area contributed by atoms with Crippen molar-refractivity contribution in [1.29, 1.82) is 0 Å². The number of rotatable bonds is 4. The summed E-state index contributed by atoms with van der Waals surface area (Å²) in [5.41, 5.74) is 3.06. The Morgan fingerprint density at radius 2 is 1.04 bits per heavy atom. The minimum atomic E-state index is -0.173. The topological polar surface area (TPSA) is 35.5 Å². The number of hydrogen-bond acceptors (Lipinski definition) is 3. The van der Waals surface area contributed by atoms with Gasteiger partial charge in [-0.1, -0.05) is 41.5 Å². The lowest BCUT2D eigenvalue weighted by atomic mass is 9.78. The number of methoxy groups -OCH3 is 2. The molecule has 0 unspecified atom stereocenters. The highest BCUT2D eigenvalue weighted by Crippen LogP contribution is 2.34. The van der Waals surface area contributed by atoms with Crippen molar-refractivity contribution in [2.75, 3.05) is 14.2 Å². The Balaban J connectivity index is 2.67. The van der Waals surface area contributed by atoms with Crippen LogP contribution in [0.4, 0.5) is 0 Å². The van der Waals surface area contributed by atoms with Gasteiger partial charge in [-0.3, -0.25) is 4.79 Å². The van der Waals surface area contributed by atoms with Crippen LogP contribution in [0.3, 0.4) is 0 Å². The Morgan fingerprint density at radius 1 is 0.692 bits per heavy atom. The molecule has 0 atom stereocenters. The summed E-state index contributed by atoms with van der Waals surface area (Å²) in [6, 6.07) is 11.4. The summed E-state index contributed by atoms with van der Waals surface area (Å²) in [5, 5.41) is 0. The average Bonchev–Trinajstić information content (AvgIpc) is 2.58. The average molecular weight is 354 g/mol. The Morgan fingerprint density at radius 3 is 1.31 bits per heavy atom. The molecule has 3 nitrogen and oxygen atoms in total. The van der Waals surface area contributed by atoms with Crippen molar-refractivity contribution in [3.63, 3.8) is 0 Å². The second-order valence-electron chi connectivity index (χ2n) is 8.65. The maximum absolute atomic E-state index is 13.5. The van der Waals surface area contributed by atoms with Gasteiger partial charge in [0, 0.05) is 11.1 Å². The van der Waals surface area contributed by atoms with Crippen molar-refractivity contribution >= 4 is 5.78 Å². The number of ether oxygens (including phenoxy) is 2. The van der Waals surface area contributed by atoms with Crippen LogP contribution in [0, 0.1) is 0 Å². The lowest BCUT2D eigenvalue weighted by Gasteiger charge is -2.26. The van der Waals surface area contributed by atoms with Crippen LogP contribution in [-0.4, -0.2) is 20.0 Å². The van der Waals surface area contributed by atoms with E-state index < -0.39 is 0 Å². The largest absolute Gasteiger partial charge is 0.497 e. The first-order chi connectivity index (χ1) is 12.0. The summed E-state index contributed by atoms with van der Waals surface area (Å²) >= 11 is 0. The maximum Gasteiger partial charge on any atom is 0.193 e. The normalized spacial score (nSPS) is 12.0. The monoisotopic (exact) mass is 354 g/mol. The minimum Gasteiger partial charge on any atom is -0.497 e. The lowest BCUT2D eigenvalue weighted by molar-refractivity contribution is 0.103. The fourth-order valence-electron chi connectivity index (χ4n) is 3.08. The minimum absolute atomic E-state index is 0.0326. The van der Waals surface area contributed by atoms with Gasteiger partial charge in [0.15, 0.2) is 5.78 Å². The lowest BCUT2D eigenvalue weighted by Crippen LogP contribution is -2.21. The highest BCUT2D eigenvalue weighted by atomic mass is 16.5. The molecule has 0 aliphatic carbocycles. The molecule has 3 heteroatoms. The standard InChI is InChI=1S/C23H30O3/c1-22(2,3)19-13-15(25-7)9-11-17(19)21(24)18-12-10-16(26-8)14-20(18)23(4,5)6/h9-14H,1-8H3. The summed E-state index contributed by atoms with van der Waals surface area (Å²) in [6.07, 6.45) is 0. The second-order valence-corrected chi connectivity index (χ2v) is 8.65. The van der Waals surface area contributed by atoms with E-state index in [2.05, 4.69) is 41.5 Å². The fraction of sp³-hybridized carbons (Fsp3) is 0.435. The van der Waals surface area contributed by atoms with Gasteiger partial charge in [0.1, 0.15) is 11.5 Å². The first-order valence-corrected chi connectivity index (χ1v) is 8.90. The number of hydrogen-bond donors (Lipinski definition) is 0. The van der Waals surface area contributed by atoms with Crippen LogP contribution in [-0.2, 0) is 10.8 Å². The van der Waals surface area contributed by atoms with Crippen molar-refractivity contribution < 1.29 is 14.3 Å².